The highest BCUT2D eigenvalue weighted by Crippen LogP contribution is 2.34. The van der Waals surface area contributed by atoms with Crippen molar-refractivity contribution in [1.82, 2.24) is 20.3 Å². The smallest absolute Gasteiger partial charge is 0.137 e. The van der Waals surface area contributed by atoms with Crippen LogP contribution in [0.2, 0.25) is 0 Å². The number of H-pyrrole nitrogens is 1. The molecule has 3 aromatic heterocycles. The van der Waals surface area contributed by atoms with E-state index in [0.29, 0.717) is 6.04 Å². The normalized spacial score (nSPS) is 17.6. The lowest BCUT2D eigenvalue weighted by molar-refractivity contribution is 0.653. The first-order valence-electron chi connectivity index (χ1n) is 8.85. The summed E-state index contributed by atoms with van der Waals surface area (Å²) < 4.78 is 0. The Labute approximate surface area is 146 Å². The Balaban J connectivity index is 1.73. The van der Waals surface area contributed by atoms with Gasteiger partial charge in [-0.1, -0.05) is 0 Å². The highest BCUT2D eigenvalue weighted by atomic mass is 14.9. The molecule has 0 spiro atoms. The van der Waals surface area contributed by atoms with Crippen LogP contribution in [-0.4, -0.2) is 21.5 Å². The molecule has 0 saturated carbocycles. The Kier molecular flexibility index (Phi) is 3.31. The van der Waals surface area contributed by atoms with Crippen molar-refractivity contribution in [2.45, 2.75) is 25.8 Å². The summed E-state index contributed by atoms with van der Waals surface area (Å²) in [5.74, 6) is 0. The fourth-order valence-electron chi connectivity index (χ4n) is 3.92. The van der Waals surface area contributed by atoms with Gasteiger partial charge in [0.25, 0.3) is 0 Å². The maximum Gasteiger partial charge on any atom is 0.137 e. The number of hydrogen-bond donors (Lipinski definition) is 2. The van der Waals surface area contributed by atoms with Gasteiger partial charge in [0.05, 0.1) is 0 Å². The lowest BCUT2D eigenvalue weighted by Gasteiger charge is -2.16. The molecule has 1 atom stereocenters. The third kappa shape index (κ3) is 2.41. The Morgan fingerprint density at radius 2 is 2.04 bits per heavy atom. The highest BCUT2D eigenvalue weighted by Gasteiger charge is 2.19. The third-order valence-corrected chi connectivity index (χ3v) is 5.29. The number of aromatic amines is 1. The van der Waals surface area contributed by atoms with Gasteiger partial charge in [0.1, 0.15) is 5.65 Å². The molecular weight excluding hydrogens is 308 g/mol. The molecule has 0 bridgehead atoms. The molecule has 0 aliphatic carbocycles. The molecule has 1 unspecified atom stereocenters. The number of nitrogens with one attached hydrogen (secondary N) is 2. The number of pyridine rings is 2. The van der Waals surface area contributed by atoms with Gasteiger partial charge in [0.2, 0.25) is 0 Å². The van der Waals surface area contributed by atoms with Crippen molar-refractivity contribution in [3.05, 3.63) is 60.2 Å². The quantitative estimate of drug-likeness (QED) is 0.569. The van der Waals surface area contributed by atoms with Crippen molar-refractivity contribution in [2.75, 3.05) is 6.54 Å². The zero-order valence-corrected chi connectivity index (χ0v) is 14.2. The molecule has 1 fully saturated rings. The molecule has 0 radical (unpaired) electrons. The number of fused-ring (bicyclic) bond motifs is 2. The molecule has 1 aliphatic heterocycles. The van der Waals surface area contributed by atoms with Crippen LogP contribution < -0.4 is 5.32 Å². The minimum Gasteiger partial charge on any atom is -0.346 e. The summed E-state index contributed by atoms with van der Waals surface area (Å²) in [7, 11) is 0. The molecular formula is C21H20N4. The summed E-state index contributed by atoms with van der Waals surface area (Å²) in [4.78, 5) is 12.2. The van der Waals surface area contributed by atoms with Crippen LogP contribution in [-0.2, 0) is 0 Å². The maximum atomic E-state index is 4.60. The second kappa shape index (κ2) is 5.67. The molecule has 0 amide bonds. The van der Waals surface area contributed by atoms with E-state index in [2.05, 4.69) is 51.5 Å². The van der Waals surface area contributed by atoms with Gasteiger partial charge in [-0.15, -0.1) is 0 Å². The number of benzene rings is 1. The van der Waals surface area contributed by atoms with E-state index < -0.39 is 0 Å². The van der Waals surface area contributed by atoms with E-state index in [1.54, 1.807) is 0 Å². The lowest BCUT2D eigenvalue weighted by Crippen LogP contribution is -2.13. The Morgan fingerprint density at radius 3 is 2.92 bits per heavy atom. The van der Waals surface area contributed by atoms with E-state index in [4.69, 9.17) is 0 Å². The van der Waals surface area contributed by atoms with Crippen molar-refractivity contribution in [1.29, 1.82) is 0 Å². The van der Waals surface area contributed by atoms with Crippen LogP contribution in [0.3, 0.4) is 0 Å². The summed E-state index contributed by atoms with van der Waals surface area (Å²) in [6.45, 7) is 3.21. The van der Waals surface area contributed by atoms with Gasteiger partial charge >= 0.3 is 0 Å². The van der Waals surface area contributed by atoms with Gasteiger partial charge in [-0.25, -0.2) is 4.98 Å². The van der Waals surface area contributed by atoms with Crippen LogP contribution in [0.4, 0.5) is 0 Å². The second-order valence-electron chi connectivity index (χ2n) is 6.90. The van der Waals surface area contributed by atoms with Crippen LogP contribution in [0.5, 0.6) is 0 Å². The van der Waals surface area contributed by atoms with Crippen LogP contribution >= 0.6 is 0 Å². The number of nitrogens with zero attached hydrogens (tertiary/aromatic N) is 2. The predicted molar refractivity (Wildman–Crippen MR) is 102 cm³/mol. The molecule has 1 saturated heterocycles. The minimum absolute atomic E-state index is 0.414. The van der Waals surface area contributed by atoms with Gasteiger partial charge in [0, 0.05) is 47.2 Å². The second-order valence-corrected chi connectivity index (χ2v) is 6.90. The molecule has 4 aromatic rings. The van der Waals surface area contributed by atoms with Crippen molar-refractivity contribution in [3.8, 4) is 11.1 Å². The maximum absolute atomic E-state index is 4.60. The predicted octanol–water partition coefficient (Wildman–Crippen LogP) is 4.51. The SMILES string of the molecule is Cc1c[nH]c2ncc(-c3cc(C4CCCN4)c4cnccc4c3)cc12. The molecule has 124 valence electrons. The van der Waals surface area contributed by atoms with Gasteiger partial charge in [0.15, 0.2) is 0 Å². The fraction of sp³-hybridized carbons (Fsp3) is 0.238. The average molecular weight is 328 g/mol. The van der Waals surface area contributed by atoms with E-state index in [1.807, 2.05) is 24.8 Å². The van der Waals surface area contributed by atoms with Crippen LogP contribution in [0.25, 0.3) is 32.9 Å². The molecule has 4 nitrogen and oxygen atoms in total. The van der Waals surface area contributed by atoms with Gasteiger partial charge in [-0.2, -0.15) is 0 Å². The van der Waals surface area contributed by atoms with Crippen molar-refractivity contribution < 1.29 is 0 Å². The standard InChI is InChI=1S/C21H20N4/c1-13-10-24-21-17(13)9-16(11-25-21)15-7-14-4-6-22-12-19(14)18(8-15)20-3-2-5-23-20/h4,6-12,20,23H,2-3,5H2,1H3,(H,24,25). The highest BCUT2D eigenvalue weighted by molar-refractivity contribution is 5.92. The first-order valence-corrected chi connectivity index (χ1v) is 8.85. The van der Waals surface area contributed by atoms with E-state index >= 15 is 0 Å². The number of aromatic nitrogens is 3. The Bertz CT molecular complexity index is 1070. The topological polar surface area (TPSA) is 53.6 Å². The third-order valence-electron chi connectivity index (χ3n) is 5.29. The monoisotopic (exact) mass is 328 g/mol. The average Bonchev–Trinajstić information content (AvgIpc) is 3.31. The van der Waals surface area contributed by atoms with E-state index in [1.165, 1.54) is 45.7 Å². The van der Waals surface area contributed by atoms with Gasteiger partial charge in [-0.3, -0.25) is 4.98 Å². The molecule has 5 rings (SSSR count). The molecule has 2 N–H and O–H groups in total. The summed E-state index contributed by atoms with van der Waals surface area (Å²) in [5.41, 5.74) is 5.91. The van der Waals surface area contributed by atoms with E-state index in [9.17, 15) is 0 Å². The van der Waals surface area contributed by atoms with Crippen molar-refractivity contribution >= 4 is 21.8 Å². The van der Waals surface area contributed by atoms with Crippen LogP contribution in [0, 0.1) is 6.92 Å². The van der Waals surface area contributed by atoms with Crippen molar-refractivity contribution in [2.24, 2.45) is 0 Å². The van der Waals surface area contributed by atoms with Gasteiger partial charge < -0.3 is 10.3 Å². The van der Waals surface area contributed by atoms with Crippen LogP contribution in [0.1, 0.15) is 30.0 Å². The molecule has 1 aliphatic rings. The molecule has 1 aromatic carbocycles. The lowest BCUT2D eigenvalue weighted by atomic mass is 9.94. The molecule has 4 heterocycles. The summed E-state index contributed by atoms with van der Waals surface area (Å²) in [6.07, 6.45) is 10.3. The first kappa shape index (κ1) is 14.6. The summed E-state index contributed by atoms with van der Waals surface area (Å²) in [6, 6.07) is 9.32. The van der Waals surface area contributed by atoms with E-state index in [-0.39, 0.29) is 0 Å². The zero-order valence-electron chi connectivity index (χ0n) is 14.2. The Morgan fingerprint density at radius 1 is 1.08 bits per heavy atom. The molecule has 25 heavy (non-hydrogen) atoms. The van der Waals surface area contributed by atoms with Crippen molar-refractivity contribution in [3.63, 3.8) is 0 Å². The number of aryl methyl sites for hydroxylation is 1. The van der Waals surface area contributed by atoms with E-state index in [0.717, 1.165) is 17.8 Å². The summed E-state index contributed by atoms with van der Waals surface area (Å²) >= 11 is 0. The number of rotatable bonds is 2. The number of hydrogen-bond acceptors (Lipinski definition) is 3. The molecule has 4 heteroatoms. The summed E-state index contributed by atoms with van der Waals surface area (Å²) in [5, 5.41) is 7.30. The minimum atomic E-state index is 0.414. The zero-order chi connectivity index (χ0) is 16.8. The Hall–Kier alpha value is -2.72. The van der Waals surface area contributed by atoms with Crippen LogP contribution in [0.15, 0.2) is 49.1 Å². The largest absolute Gasteiger partial charge is 0.346 e. The van der Waals surface area contributed by atoms with Gasteiger partial charge in [-0.05, 0) is 72.7 Å². The first-order chi connectivity index (χ1) is 12.3. The fourth-order valence-corrected chi connectivity index (χ4v) is 3.92.